The van der Waals surface area contributed by atoms with E-state index in [2.05, 4.69) is 51.8 Å². The maximum absolute atomic E-state index is 4.11. The van der Waals surface area contributed by atoms with Gasteiger partial charge in [-0.1, -0.05) is 31.7 Å². The van der Waals surface area contributed by atoms with E-state index in [0.29, 0.717) is 0 Å². The molecule has 0 unspecified atom stereocenters. The molecule has 0 atom stereocenters. The Balaban J connectivity index is 1.97. The first-order chi connectivity index (χ1) is 8.20. The lowest BCUT2D eigenvalue weighted by Crippen LogP contribution is -2.15. The van der Waals surface area contributed by atoms with E-state index < -0.39 is 0 Å². The SMILES string of the molecule is C=C1CCc2cc(CCN(Br)CCC)ccc21. The highest BCUT2D eigenvalue weighted by Crippen LogP contribution is 2.31. The van der Waals surface area contributed by atoms with Crippen molar-refractivity contribution in [1.82, 2.24) is 3.93 Å². The van der Waals surface area contributed by atoms with E-state index in [1.165, 1.54) is 35.1 Å². The number of rotatable bonds is 5. The van der Waals surface area contributed by atoms with Crippen LogP contribution in [0.2, 0.25) is 0 Å². The molecule has 0 heterocycles. The highest BCUT2D eigenvalue weighted by Gasteiger charge is 2.14. The zero-order chi connectivity index (χ0) is 12.3. The van der Waals surface area contributed by atoms with Gasteiger partial charge in [-0.3, -0.25) is 0 Å². The zero-order valence-corrected chi connectivity index (χ0v) is 12.1. The molecule has 2 heteroatoms. The van der Waals surface area contributed by atoms with Gasteiger partial charge in [-0.25, -0.2) is 3.93 Å². The van der Waals surface area contributed by atoms with E-state index in [1.807, 2.05) is 0 Å². The molecule has 1 aliphatic carbocycles. The first-order valence-corrected chi connectivity index (χ1v) is 7.12. The van der Waals surface area contributed by atoms with Crippen molar-refractivity contribution in [1.29, 1.82) is 0 Å². The van der Waals surface area contributed by atoms with Crippen molar-refractivity contribution >= 4 is 21.7 Å². The topological polar surface area (TPSA) is 3.24 Å². The van der Waals surface area contributed by atoms with Crippen LogP contribution < -0.4 is 0 Å². The molecule has 92 valence electrons. The van der Waals surface area contributed by atoms with Gasteiger partial charge in [0.2, 0.25) is 0 Å². The molecule has 0 aliphatic heterocycles. The Morgan fingerprint density at radius 3 is 2.88 bits per heavy atom. The fraction of sp³-hybridized carbons (Fsp3) is 0.467. The molecule has 0 radical (unpaired) electrons. The smallest absolute Gasteiger partial charge is 0.0133 e. The average Bonchev–Trinajstić information content (AvgIpc) is 2.69. The summed E-state index contributed by atoms with van der Waals surface area (Å²) in [4.78, 5) is 0. The summed E-state index contributed by atoms with van der Waals surface area (Å²) in [6.45, 7) is 8.50. The fourth-order valence-corrected chi connectivity index (χ4v) is 2.91. The summed E-state index contributed by atoms with van der Waals surface area (Å²) in [5.41, 5.74) is 5.63. The molecule has 1 nitrogen and oxygen atoms in total. The molecule has 17 heavy (non-hydrogen) atoms. The maximum atomic E-state index is 4.11. The summed E-state index contributed by atoms with van der Waals surface area (Å²) in [6, 6.07) is 6.86. The van der Waals surface area contributed by atoms with Crippen LogP contribution in [0, 0.1) is 0 Å². The van der Waals surface area contributed by atoms with Gasteiger partial charge >= 0.3 is 0 Å². The molecular weight excluding hydrogens is 274 g/mol. The molecule has 0 N–H and O–H groups in total. The van der Waals surface area contributed by atoms with Crippen molar-refractivity contribution in [3.8, 4) is 0 Å². The van der Waals surface area contributed by atoms with Gasteiger partial charge < -0.3 is 0 Å². The van der Waals surface area contributed by atoms with Crippen LogP contribution in [0.5, 0.6) is 0 Å². The summed E-state index contributed by atoms with van der Waals surface area (Å²) >= 11 is 3.59. The van der Waals surface area contributed by atoms with Crippen molar-refractivity contribution in [3.05, 3.63) is 41.5 Å². The van der Waals surface area contributed by atoms with Crippen molar-refractivity contribution in [2.45, 2.75) is 32.6 Å². The lowest BCUT2D eigenvalue weighted by atomic mass is 10.0. The van der Waals surface area contributed by atoms with E-state index in [1.54, 1.807) is 0 Å². The predicted molar refractivity (Wildman–Crippen MR) is 78.3 cm³/mol. The summed E-state index contributed by atoms with van der Waals surface area (Å²) < 4.78 is 2.22. The summed E-state index contributed by atoms with van der Waals surface area (Å²) in [6.07, 6.45) is 4.62. The molecule has 0 aromatic heterocycles. The number of hydrogen-bond donors (Lipinski definition) is 0. The Kier molecular flexibility index (Phi) is 4.41. The number of fused-ring (bicyclic) bond motifs is 1. The second-order valence-electron chi connectivity index (χ2n) is 4.75. The van der Waals surface area contributed by atoms with E-state index in [4.69, 9.17) is 0 Å². The van der Waals surface area contributed by atoms with Crippen LogP contribution in [0.15, 0.2) is 24.8 Å². The van der Waals surface area contributed by atoms with Gasteiger partial charge in [0.1, 0.15) is 0 Å². The molecule has 0 bridgehead atoms. The van der Waals surface area contributed by atoms with E-state index in [0.717, 1.165) is 25.9 Å². The number of halogens is 1. The van der Waals surface area contributed by atoms with Crippen LogP contribution in [0.25, 0.3) is 5.57 Å². The summed E-state index contributed by atoms with van der Waals surface area (Å²) in [7, 11) is 0. The third-order valence-electron chi connectivity index (χ3n) is 3.36. The molecule has 2 rings (SSSR count). The zero-order valence-electron chi connectivity index (χ0n) is 10.5. The highest BCUT2D eigenvalue weighted by molar-refractivity contribution is 9.07. The minimum Gasteiger partial charge on any atom is -0.242 e. The second-order valence-corrected chi connectivity index (χ2v) is 5.76. The number of aryl methyl sites for hydroxylation is 1. The number of hydrogen-bond acceptors (Lipinski definition) is 1. The maximum Gasteiger partial charge on any atom is 0.0133 e. The molecule has 1 aromatic rings. The lowest BCUT2D eigenvalue weighted by molar-refractivity contribution is 0.489. The predicted octanol–water partition coefficient (Wildman–Crippen LogP) is 4.21. The molecular formula is C15H20BrN. The third kappa shape index (κ3) is 3.20. The quantitative estimate of drug-likeness (QED) is 0.735. The normalized spacial score (nSPS) is 14.4. The molecule has 0 fully saturated rings. The Hall–Kier alpha value is -0.600. The van der Waals surface area contributed by atoms with Gasteiger partial charge in [0, 0.05) is 29.2 Å². The number of nitrogens with zero attached hydrogens (tertiary/aromatic N) is 1. The van der Waals surface area contributed by atoms with Gasteiger partial charge in [0.25, 0.3) is 0 Å². The second kappa shape index (κ2) is 5.83. The van der Waals surface area contributed by atoms with Crippen LogP contribution in [0.4, 0.5) is 0 Å². The summed E-state index contributed by atoms with van der Waals surface area (Å²) in [5, 5.41) is 0. The standard InChI is InChI=1S/C15H20BrN/c1-3-9-17(16)10-8-13-5-7-15-12(2)4-6-14(15)11-13/h5,7,11H,2-4,6,8-10H2,1H3. The van der Waals surface area contributed by atoms with Gasteiger partial charge in [0.15, 0.2) is 0 Å². The Morgan fingerprint density at radius 1 is 1.29 bits per heavy atom. The molecule has 0 spiro atoms. The molecule has 0 saturated carbocycles. The molecule has 1 aliphatic rings. The van der Waals surface area contributed by atoms with Crippen LogP contribution in [-0.4, -0.2) is 17.0 Å². The van der Waals surface area contributed by atoms with Crippen molar-refractivity contribution in [3.63, 3.8) is 0 Å². The van der Waals surface area contributed by atoms with Gasteiger partial charge in [-0.05, 0) is 47.9 Å². The fourth-order valence-electron chi connectivity index (χ4n) is 2.38. The average molecular weight is 294 g/mol. The Bertz CT molecular complexity index is 411. The van der Waals surface area contributed by atoms with Crippen LogP contribution in [-0.2, 0) is 12.8 Å². The van der Waals surface area contributed by atoms with E-state index in [-0.39, 0.29) is 0 Å². The van der Waals surface area contributed by atoms with Gasteiger partial charge in [-0.15, -0.1) is 0 Å². The Morgan fingerprint density at radius 2 is 2.12 bits per heavy atom. The minimum atomic E-state index is 1.08. The van der Waals surface area contributed by atoms with Gasteiger partial charge in [0.05, 0.1) is 0 Å². The monoisotopic (exact) mass is 293 g/mol. The van der Waals surface area contributed by atoms with Crippen molar-refractivity contribution in [2.75, 3.05) is 13.1 Å². The largest absolute Gasteiger partial charge is 0.242 e. The number of benzene rings is 1. The third-order valence-corrected chi connectivity index (χ3v) is 4.07. The van der Waals surface area contributed by atoms with Crippen LogP contribution in [0.1, 0.15) is 36.5 Å². The van der Waals surface area contributed by atoms with Crippen molar-refractivity contribution in [2.24, 2.45) is 0 Å². The first kappa shape index (κ1) is 12.8. The highest BCUT2D eigenvalue weighted by atomic mass is 79.9. The minimum absolute atomic E-state index is 1.08. The molecule has 0 amide bonds. The van der Waals surface area contributed by atoms with Gasteiger partial charge in [-0.2, -0.15) is 0 Å². The first-order valence-electron chi connectivity index (χ1n) is 6.41. The molecule has 1 aromatic carbocycles. The van der Waals surface area contributed by atoms with Crippen molar-refractivity contribution < 1.29 is 0 Å². The summed E-state index contributed by atoms with van der Waals surface area (Å²) in [5.74, 6) is 0. The lowest BCUT2D eigenvalue weighted by Gasteiger charge is -2.13. The molecule has 0 saturated heterocycles. The van der Waals surface area contributed by atoms with Crippen LogP contribution >= 0.6 is 16.1 Å². The van der Waals surface area contributed by atoms with E-state index in [9.17, 15) is 0 Å². The van der Waals surface area contributed by atoms with E-state index >= 15 is 0 Å². The Labute approximate surface area is 113 Å². The van der Waals surface area contributed by atoms with Crippen LogP contribution in [0.3, 0.4) is 0 Å². The number of allylic oxidation sites excluding steroid dienone is 1.